The third-order valence-corrected chi connectivity index (χ3v) is 5.58. The second-order valence-electron chi connectivity index (χ2n) is 7.47. The molecule has 0 atom stereocenters. The highest BCUT2D eigenvalue weighted by Crippen LogP contribution is 2.36. The number of aryl methyl sites for hydroxylation is 1. The van der Waals surface area contributed by atoms with Crippen molar-refractivity contribution in [2.24, 2.45) is 0 Å². The third-order valence-electron chi connectivity index (χ3n) is 5.08. The van der Waals surface area contributed by atoms with Crippen molar-refractivity contribution in [3.63, 3.8) is 0 Å². The first-order valence-electron chi connectivity index (χ1n) is 9.79. The van der Waals surface area contributed by atoms with Gasteiger partial charge < -0.3 is 16.0 Å². The second-order valence-corrected chi connectivity index (χ2v) is 8.38. The summed E-state index contributed by atoms with van der Waals surface area (Å²) in [5.74, 6) is -0.572. The molecule has 0 bridgehead atoms. The monoisotopic (exact) mass is 480 g/mol. The van der Waals surface area contributed by atoms with Gasteiger partial charge in [-0.05, 0) is 55.7 Å². The highest BCUT2D eigenvalue weighted by molar-refractivity contribution is 9.10. The van der Waals surface area contributed by atoms with Crippen LogP contribution in [0.1, 0.15) is 34.5 Å². The molecule has 31 heavy (non-hydrogen) atoms. The van der Waals surface area contributed by atoms with Crippen molar-refractivity contribution in [3.8, 4) is 0 Å². The number of amides is 2. The van der Waals surface area contributed by atoms with E-state index in [0.29, 0.717) is 18.4 Å². The van der Waals surface area contributed by atoms with Crippen molar-refractivity contribution in [3.05, 3.63) is 76.5 Å². The van der Waals surface area contributed by atoms with Gasteiger partial charge in [0.05, 0.1) is 29.7 Å². The number of rotatable bonds is 7. The lowest BCUT2D eigenvalue weighted by atomic mass is 10.2. The largest absolute Gasteiger partial charge is 0.354 e. The molecule has 4 rings (SSSR count). The summed E-state index contributed by atoms with van der Waals surface area (Å²) in [6.45, 7) is 2.31. The van der Waals surface area contributed by atoms with Gasteiger partial charge >= 0.3 is 0 Å². The summed E-state index contributed by atoms with van der Waals surface area (Å²) in [6, 6.07) is 9.79. The Kier molecular flexibility index (Phi) is 5.94. The first-order chi connectivity index (χ1) is 14.9. The fourth-order valence-electron chi connectivity index (χ4n) is 3.11. The lowest BCUT2D eigenvalue weighted by Gasteiger charge is -2.17. The van der Waals surface area contributed by atoms with Crippen LogP contribution in [0.5, 0.6) is 0 Å². The molecule has 0 unspecified atom stereocenters. The summed E-state index contributed by atoms with van der Waals surface area (Å²) in [6.07, 6.45) is 7.12. The zero-order chi connectivity index (χ0) is 21.8. The number of nitrogens with zero attached hydrogens (tertiary/aromatic N) is 3. The Labute approximate surface area is 188 Å². The maximum absolute atomic E-state index is 12.6. The molecule has 1 fully saturated rings. The Hall–Kier alpha value is -3.33. The van der Waals surface area contributed by atoms with E-state index in [-0.39, 0.29) is 18.4 Å². The zero-order valence-corrected chi connectivity index (χ0v) is 18.4. The summed E-state index contributed by atoms with van der Waals surface area (Å²) in [4.78, 5) is 37.0. The summed E-state index contributed by atoms with van der Waals surface area (Å²) < 4.78 is 1.03. The van der Waals surface area contributed by atoms with Gasteiger partial charge in [0.15, 0.2) is 0 Å². The fourth-order valence-corrected chi connectivity index (χ4v) is 3.58. The van der Waals surface area contributed by atoms with Crippen molar-refractivity contribution >= 4 is 39.1 Å². The number of hydrogen-bond donors (Lipinski definition) is 3. The SMILES string of the molecule is Cc1cc(Br)ccc1Nc1ccc(CNC(=O)C2(NC(=O)c3cncnc3)CC2)nc1. The quantitative estimate of drug-likeness (QED) is 0.478. The first-order valence-corrected chi connectivity index (χ1v) is 10.6. The van der Waals surface area contributed by atoms with E-state index >= 15 is 0 Å². The average Bonchev–Trinajstić information content (AvgIpc) is 3.56. The molecule has 1 aliphatic carbocycles. The molecule has 3 N–H and O–H groups in total. The first kappa shape index (κ1) is 20.9. The van der Waals surface area contributed by atoms with E-state index in [2.05, 4.69) is 46.8 Å². The number of halogens is 1. The maximum atomic E-state index is 12.6. The highest BCUT2D eigenvalue weighted by atomic mass is 79.9. The second kappa shape index (κ2) is 8.81. The summed E-state index contributed by atoms with van der Waals surface area (Å²) in [5, 5.41) is 9.01. The average molecular weight is 481 g/mol. The lowest BCUT2D eigenvalue weighted by Crippen LogP contribution is -2.48. The standard InChI is InChI=1S/C22H21BrN6O2/c1-14-8-16(23)2-5-19(14)28-18-4-3-17(26-12-18)11-27-21(31)22(6-7-22)29-20(30)15-9-24-13-25-10-15/h2-5,8-10,12-13,28H,6-7,11H2,1H3,(H,27,31)(H,29,30). The minimum atomic E-state index is -0.868. The topological polar surface area (TPSA) is 109 Å². The predicted molar refractivity (Wildman–Crippen MR) is 120 cm³/mol. The van der Waals surface area contributed by atoms with Crippen LogP contribution in [0.15, 0.2) is 59.7 Å². The Balaban J connectivity index is 1.31. The van der Waals surface area contributed by atoms with Crippen LogP contribution in [0.2, 0.25) is 0 Å². The van der Waals surface area contributed by atoms with Crippen LogP contribution >= 0.6 is 15.9 Å². The minimum Gasteiger partial charge on any atom is -0.354 e. The van der Waals surface area contributed by atoms with E-state index < -0.39 is 5.54 Å². The van der Waals surface area contributed by atoms with Crippen LogP contribution in [-0.4, -0.2) is 32.3 Å². The zero-order valence-electron chi connectivity index (χ0n) is 16.9. The Bertz CT molecular complexity index is 1100. The molecule has 9 heteroatoms. The van der Waals surface area contributed by atoms with Crippen molar-refractivity contribution in [2.75, 3.05) is 5.32 Å². The Morgan fingerprint density at radius 3 is 2.52 bits per heavy atom. The van der Waals surface area contributed by atoms with Gasteiger partial charge in [0.25, 0.3) is 5.91 Å². The van der Waals surface area contributed by atoms with Crippen molar-refractivity contribution < 1.29 is 9.59 Å². The molecule has 0 spiro atoms. The number of carbonyl (C=O) groups excluding carboxylic acids is 2. The van der Waals surface area contributed by atoms with Crippen molar-refractivity contribution in [1.82, 2.24) is 25.6 Å². The smallest absolute Gasteiger partial charge is 0.255 e. The Morgan fingerprint density at radius 2 is 1.87 bits per heavy atom. The Morgan fingerprint density at radius 1 is 1.10 bits per heavy atom. The molecule has 1 aromatic carbocycles. The van der Waals surface area contributed by atoms with Crippen LogP contribution < -0.4 is 16.0 Å². The van der Waals surface area contributed by atoms with Gasteiger partial charge in [0.2, 0.25) is 5.91 Å². The van der Waals surface area contributed by atoms with Crippen LogP contribution in [0, 0.1) is 6.92 Å². The third kappa shape index (κ3) is 5.05. The number of carbonyl (C=O) groups is 2. The molecular weight excluding hydrogens is 460 g/mol. The number of hydrogen-bond acceptors (Lipinski definition) is 6. The molecular formula is C22H21BrN6O2. The maximum Gasteiger partial charge on any atom is 0.255 e. The number of aromatic nitrogens is 3. The number of pyridine rings is 1. The summed E-state index contributed by atoms with van der Waals surface area (Å²) in [5.41, 5.74) is 3.16. The van der Waals surface area contributed by atoms with Crippen LogP contribution in [0.3, 0.4) is 0 Å². The fraction of sp³-hybridized carbons (Fsp3) is 0.227. The normalized spacial score (nSPS) is 13.9. The van der Waals surface area contributed by atoms with Crippen molar-refractivity contribution in [1.29, 1.82) is 0 Å². The van der Waals surface area contributed by atoms with E-state index in [4.69, 9.17) is 0 Å². The molecule has 158 valence electrons. The van der Waals surface area contributed by atoms with Gasteiger partial charge in [0.1, 0.15) is 11.9 Å². The van der Waals surface area contributed by atoms with E-state index in [1.807, 2.05) is 37.3 Å². The molecule has 8 nitrogen and oxygen atoms in total. The van der Waals surface area contributed by atoms with Gasteiger partial charge in [0, 0.05) is 22.6 Å². The van der Waals surface area contributed by atoms with Crippen LogP contribution in [-0.2, 0) is 11.3 Å². The molecule has 1 saturated carbocycles. The molecule has 0 radical (unpaired) electrons. The van der Waals surface area contributed by atoms with E-state index in [9.17, 15) is 9.59 Å². The molecule has 1 aliphatic rings. The van der Waals surface area contributed by atoms with E-state index in [1.165, 1.54) is 18.7 Å². The number of nitrogens with one attached hydrogen (secondary N) is 3. The van der Waals surface area contributed by atoms with Gasteiger partial charge in [-0.2, -0.15) is 0 Å². The number of anilines is 2. The predicted octanol–water partition coefficient (Wildman–Crippen LogP) is 3.26. The van der Waals surface area contributed by atoms with Gasteiger partial charge in [-0.25, -0.2) is 9.97 Å². The van der Waals surface area contributed by atoms with Crippen LogP contribution in [0.4, 0.5) is 11.4 Å². The molecule has 0 aliphatic heterocycles. The number of benzene rings is 1. The molecule has 2 heterocycles. The highest BCUT2D eigenvalue weighted by Gasteiger charge is 2.51. The lowest BCUT2D eigenvalue weighted by molar-refractivity contribution is -0.124. The minimum absolute atomic E-state index is 0.216. The molecule has 3 aromatic rings. The van der Waals surface area contributed by atoms with Crippen LogP contribution in [0.25, 0.3) is 0 Å². The van der Waals surface area contributed by atoms with Gasteiger partial charge in [-0.1, -0.05) is 15.9 Å². The molecule has 2 amide bonds. The van der Waals surface area contributed by atoms with Gasteiger partial charge in [-0.3, -0.25) is 14.6 Å². The van der Waals surface area contributed by atoms with E-state index in [1.54, 1.807) is 6.20 Å². The van der Waals surface area contributed by atoms with E-state index in [0.717, 1.165) is 27.1 Å². The summed E-state index contributed by atoms with van der Waals surface area (Å²) >= 11 is 3.46. The molecule has 2 aromatic heterocycles. The van der Waals surface area contributed by atoms with Crippen molar-refractivity contribution in [2.45, 2.75) is 31.8 Å². The summed E-state index contributed by atoms with van der Waals surface area (Å²) in [7, 11) is 0. The van der Waals surface area contributed by atoms with Gasteiger partial charge in [-0.15, -0.1) is 0 Å². The molecule has 0 saturated heterocycles.